The molecule has 0 radical (unpaired) electrons. The van der Waals surface area contributed by atoms with Crippen molar-refractivity contribution in [2.24, 2.45) is 4.99 Å². The molecule has 1 heterocycles. The molecular weight excluding hydrogens is 630 g/mol. The summed E-state index contributed by atoms with van der Waals surface area (Å²) in [5.74, 6) is 0.399. The topological polar surface area (TPSA) is 41.9 Å². The fourth-order valence-corrected chi connectivity index (χ4v) is 6.17. The van der Waals surface area contributed by atoms with E-state index in [0.29, 0.717) is 47.3 Å². The molecular formula is C33H20Cl4N2O2S. The van der Waals surface area contributed by atoms with E-state index in [2.05, 4.69) is 0 Å². The van der Waals surface area contributed by atoms with Crippen LogP contribution in [0.2, 0.25) is 20.1 Å². The molecule has 0 saturated carbocycles. The van der Waals surface area contributed by atoms with Crippen molar-refractivity contribution in [3.05, 3.63) is 139 Å². The second-order valence-corrected chi connectivity index (χ2v) is 12.0. The first-order valence-corrected chi connectivity index (χ1v) is 15.1. The third-order valence-electron chi connectivity index (χ3n) is 6.55. The number of halogens is 4. The van der Waals surface area contributed by atoms with E-state index in [1.165, 1.54) is 11.8 Å². The Balaban J connectivity index is 1.43. The number of carbonyl (C=O) groups is 1. The van der Waals surface area contributed by atoms with Gasteiger partial charge in [-0.05, 0) is 95.3 Å². The van der Waals surface area contributed by atoms with E-state index >= 15 is 0 Å². The van der Waals surface area contributed by atoms with E-state index in [1.807, 2.05) is 48.5 Å². The second kappa shape index (κ2) is 12.4. The van der Waals surface area contributed by atoms with Crippen molar-refractivity contribution in [1.29, 1.82) is 0 Å². The second-order valence-electron chi connectivity index (χ2n) is 9.32. The lowest BCUT2D eigenvalue weighted by molar-refractivity contribution is -0.113. The van der Waals surface area contributed by atoms with Crippen LogP contribution in [0.15, 0.2) is 113 Å². The Morgan fingerprint density at radius 3 is 2.21 bits per heavy atom. The molecule has 1 aliphatic rings. The number of nitrogens with zero attached hydrogens (tertiary/aromatic N) is 2. The molecule has 1 amide bonds. The highest BCUT2D eigenvalue weighted by Crippen LogP contribution is 2.40. The van der Waals surface area contributed by atoms with Crippen LogP contribution in [-0.4, -0.2) is 11.1 Å². The zero-order valence-corrected chi connectivity index (χ0v) is 25.6. The first-order chi connectivity index (χ1) is 20.4. The summed E-state index contributed by atoms with van der Waals surface area (Å²) in [5, 5.41) is 4.72. The first kappa shape index (κ1) is 28.7. The summed E-state index contributed by atoms with van der Waals surface area (Å²) >= 11 is 26.0. The fourth-order valence-electron chi connectivity index (χ4n) is 4.47. The molecule has 0 aromatic heterocycles. The maximum absolute atomic E-state index is 14.0. The minimum absolute atomic E-state index is 0.213. The number of carbonyl (C=O) groups excluding carboxylic acids is 1. The molecule has 0 bridgehead atoms. The number of hydrogen-bond acceptors (Lipinski definition) is 4. The van der Waals surface area contributed by atoms with E-state index in [0.717, 1.165) is 21.9 Å². The molecule has 42 heavy (non-hydrogen) atoms. The zero-order valence-electron chi connectivity index (χ0n) is 21.7. The number of fused-ring (bicyclic) bond motifs is 1. The zero-order chi connectivity index (χ0) is 29.2. The van der Waals surface area contributed by atoms with Gasteiger partial charge in [0.05, 0.1) is 16.3 Å². The van der Waals surface area contributed by atoms with Crippen molar-refractivity contribution < 1.29 is 9.53 Å². The van der Waals surface area contributed by atoms with Crippen LogP contribution < -0.4 is 9.64 Å². The average Bonchev–Trinajstić information content (AvgIpc) is 3.29. The lowest BCUT2D eigenvalue weighted by Gasteiger charge is -2.16. The van der Waals surface area contributed by atoms with Crippen molar-refractivity contribution >= 4 is 97.5 Å². The van der Waals surface area contributed by atoms with E-state index in [9.17, 15) is 4.79 Å². The van der Waals surface area contributed by atoms with Crippen LogP contribution in [0.25, 0.3) is 16.8 Å². The lowest BCUT2D eigenvalue weighted by atomic mass is 10.0. The highest BCUT2D eigenvalue weighted by Gasteiger charge is 2.35. The molecule has 1 saturated heterocycles. The minimum Gasteiger partial charge on any atom is -0.488 e. The first-order valence-electron chi connectivity index (χ1n) is 12.8. The van der Waals surface area contributed by atoms with Crippen LogP contribution in [0, 0.1) is 0 Å². The third-order valence-corrected chi connectivity index (χ3v) is 8.61. The highest BCUT2D eigenvalue weighted by atomic mass is 35.5. The van der Waals surface area contributed by atoms with Gasteiger partial charge in [-0.2, -0.15) is 0 Å². The predicted molar refractivity (Wildman–Crippen MR) is 178 cm³/mol. The van der Waals surface area contributed by atoms with Gasteiger partial charge in [0.2, 0.25) is 0 Å². The number of anilines is 1. The molecule has 0 atom stereocenters. The van der Waals surface area contributed by atoms with E-state index in [-0.39, 0.29) is 12.5 Å². The summed E-state index contributed by atoms with van der Waals surface area (Å²) in [6, 6.07) is 31.4. The number of aliphatic imine (C=N–C) groups is 1. The maximum atomic E-state index is 14.0. The van der Waals surface area contributed by atoms with E-state index in [4.69, 9.17) is 56.1 Å². The van der Waals surface area contributed by atoms with Crippen molar-refractivity contribution in [3.63, 3.8) is 0 Å². The molecule has 6 rings (SSSR count). The van der Waals surface area contributed by atoms with Gasteiger partial charge in [0.1, 0.15) is 12.4 Å². The maximum Gasteiger partial charge on any atom is 0.271 e. The molecule has 0 N–H and O–H groups in total. The number of amides is 1. The summed E-state index contributed by atoms with van der Waals surface area (Å²) in [5.41, 5.74) is 2.90. The summed E-state index contributed by atoms with van der Waals surface area (Å²) in [6.07, 6.45) is 1.86. The van der Waals surface area contributed by atoms with Gasteiger partial charge in [-0.25, -0.2) is 4.99 Å². The van der Waals surface area contributed by atoms with E-state index < -0.39 is 0 Å². The SMILES string of the molecule is O=C1/C(=C/c2c(OCc3ccc(Cl)cc3Cl)ccc3ccccc23)SC(=Nc2ccc(Cl)cc2)N1c1ccc(Cl)cc1. The molecule has 0 aliphatic carbocycles. The molecule has 0 spiro atoms. The molecule has 1 fully saturated rings. The van der Waals surface area contributed by atoms with Crippen LogP contribution in [0.4, 0.5) is 11.4 Å². The molecule has 4 nitrogen and oxygen atoms in total. The number of amidine groups is 1. The number of thioether (sulfide) groups is 1. The predicted octanol–water partition coefficient (Wildman–Crippen LogP) is 10.8. The van der Waals surface area contributed by atoms with Gasteiger partial charge in [0.25, 0.3) is 5.91 Å². The Labute approximate surface area is 267 Å². The number of benzene rings is 5. The van der Waals surface area contributed by atoms with Gasteiger partial charge < -0.3 is 4.74 Å². The normalized spacial score (nSPS) is 15.2. The minimum atomic E-state index is -0.213. The molecule has 1 aliphatic heterocycles. The molecule has 5 aromatic carbocycles. The van der Waals surface area contributed by atoms with Crippen molar-refractivity contribution in [3.8, 4) is 5.75 Å². The monoisotopic (exact) mass is 648 g/mol. The summed E-state index contributed by atoms with van der Waals surface area (Å²) in [4.78, 5) is 20.9. The molecule has 0 unspecified atom stereocenters. The highest BCUT2D eigenvalue weighted by molar-refractivity contribution is 8.19. The van der Waals surface area contributed by atoms with Crippen molar-refractivity contribution in [1.82, 2.24) is 0 Å². The van der Waals surface area contributed by atoms with Crippen LogP contribution in [0.1, 0.15) is 11.1 Å². The van der Waals surface area contributed by atoms with Crippen molar-refractivity contribution in [2.75, 3.05) is 4.90 Å². The number of rotatable bonds is 6. The Bertz CT molecular complexity index is 1870. The van der Waals surface area contributed by atoms with Crippen LogP contribution in [-0.2, 0) is 11.4 Å². The average molecular weight is 650 g/mol. The quantitative estimate of drug-likeness (QED) is 0.172. The third kappa shape index (κ3) is 6.17. The summed E-state index contributed by atoms with van der Waals surface area (Å²) < 4.78 is 6.29. The smallest absolute Gasteiger partial charge is 0.271 e. The number of ether oxygens (including phenoxy) is 1. The fraction of sp³-hybridized carbons (Fsp3) is 0.0303. The summed E-state index contributed by atoms with van der Waals surface area (Å²) in [6.45, 7) is 0.228. The van der Waals surface area contributed by atoms with Crippen molar-refractivity contribution in [2.45, 2.75) is 6.61 Å². The van der Waals surface area contributed by atoms with Gasteiger partial charge in [-0.3, -0.25) is 9.69 Å². The number of hydrogen-bond donors (Lipinski definition) is 0. The van der Waals surface area contributed by atoms with Gasteiger partial charge >= 0.3 is 0 Å². The lowest BCUT2D eigenvalue weighted by Crippen LogP contribution is -2.28. The molecule has 208 valence electrons. The standard InChI is InChI=1S/C33H20Cl4N2O2S/c34-22-8-12-25(13-9-22)38-33-39(26-14-10-23(35)11-15-26)32(40)31(42-33)18-28-27-4-2-1-3-20(27)6-16-30(28)41-19-21-5-7-24(36)17-29(21)37/h1-18H,19H2/b31-18-,38-33?. The van der Waals surface area contributed by atoms with Gasteiger partial charge in [-0.1, -0.05) is 82.8 Å². The van der Waals surface area contributed by atoms with Crippen LogP contribution in [0.3, 0.4) is 0 Å². The summed E-state index contributed by atoms with van der Waals surface area (Å²) in [7, 11) is 0. The van der Waals surface area contributed by atoms with E-state index in [1.54, 1.807) is 65.6 Å². The van der Waals surface area contributed by atoms with Crippen LogP contribution >= 0.6 is 58.2 Å². The van der Waals surface area contributed by atoms with Crippen LogP contribution in [0.5, 0.6) is 5.75 Å². The molecule has 9 heteroatoms. The van der Waals surface area contributed by atoms with Gasteiger partial charge in [0.15, 0.2) is 5.17 Å². The Hall–Kier alpha value is -3.45. The Kier molecular flexibility index (Phi) is 8.48. The van der Waals surface area contributed by atoms with Gasteiger partial charge in [0, 0.05) is 31.2 Å². The Morgan fingerprint density at radius 2 is 1.48 bits per heavy atom. The Morgan fingerprint density at radius 1 is 0.786 bits per heavy atom. The van der Waals surface area contributed by atoms with Gasteiger partial charge in [-0.15, -0.1) is 0 Å². The molecule has 5 aromatic rings. The largest absolute Gasteiger partial charge is 0.488 e.